The molecule has 0 spiro atoms. The molecule has 144 valence electrons. The fraction of sp³-hybridized carbons (Fsp3) is 0.105. The van der Waals surface area contributed by atoms with E-state index in [9.17, 15) is 22.4 Å². The van der Waals surface area contributed by atoms with Crippen LogP contribution in [-0.2, 0) is 6.18 Å². The second kappa shape index (κ2) is 7.63. The summed E-state index contributed by atoms with van der Waals surface area (Å²) < 4.78 is 50.9. The molecular weight excluding hydrogens is 376 g/mol. The van der Waals surface area contributed by atoms with Crippen molar-refractivity contribution in [3.05, 3.63) is 77.5 Å². The molecule has 0 aliphatic rings. The molecule has 0 bridgehead atoms. The minimum Gasteiger partial charge on any atom is -0.340 e. The van der Waals surface area contributed by atoms with E-state index in [0.717, 1.165) is 12.1 Å². The van der Waals surface area contributed by atoms with Crippen molar-refractivity contribution in [2.24, 2.45) is 0 Å². The van der Waals surface area contributed by atoms with Crippen LogP contribution in [0.2, 0.25) is 0 Å². The molecule has 0 atom stereocenters. The normalized spacial score (nSPS) is 11.2. The van der Waals surface area contributed by atoms with Crippen molar-refractivity contribution in [1.82, 2.24) is 9.97 Å². The van der Waals surface area contributed by atoms with Gasteiger partial charge in [0.25, 0.3) is 5.91 Å². The number of rotatable bonds is 4. The maximum absolute atomic E-state index is 12.9. The van der Waals surface area contributed by atoms with Gasteiger partial charge in [-0.1, -0.05) is 0 Å². The fourth-order valence-corrected chi connectivity index (χ4v) is 2.37. The van der Waals surface area contributed by atoms with Crippen LogP contribution < -0.4 is 10.6 Å². The summed E-state index contributed by atoms with van der Waals surface area (Å²) in [7, 11) is 0. The first-order chi connectivity index (χ1) is 13.2. The second-order valence-corrected chi connectivity index (χ2v) is 5.85. The van der Waals surface area contributed by atoms with Crippen LogP contribution in [0.1, 0.15) is 21.9 Å². The topological polar surface area (TPSA) is 66.9 Å². The zero-order chi connectivity index (χ0) is 20.3. The van der Waals surface area contributed by atoms with Crippen molar-refractivity contribution in [3.8, 4) is 0 Å². The summed E-state index contributed by atoms with van der Waals surface area (Å²) in [5.74, 6) is -0.427. The number of hydrogen-bond acceptors (Lipinski definition) is 4. The summed E-state index contributed by atoms with van der Waals surface area (Å²) in [5, 5.41) is 5.42. The first kappa shape index (κ1) is 19.3. The Morgan fingerprint density at radius 1 is 0.929 bits per heavy atom. The fourth-order valence-electron chi connectivity index (χ4n) is 2.37. The Morgan fingerprint density at radius 3 is 2.14 bits per heavy atom. The van der Waals surface area contributed by atoms with Gasteiger partial charge in [0.05, 0.1) is 5.56 Å². The van der Waals surface area contributed by atoms with Gasteiger partial charge in [-0.25, -0.2) is 14.4 Å². The van der Waals surface area contributed by atoms with E-state index in [1.54, 1.807) is 6.92 Å². The van der Waals surface area contributed by atoms with E-state index in [2.05, 4.69) is 20.6 Å². The quantitative estimate of drug-likeness (QED) is 0.620. The zero-order valence-corrected chi connectivity index (χ0v) is 14.5. The molecule has 0 saturated heterocycles. The molecule has 9 heteroatoms. The average Bonchev–Trinajstić information content (AvgIpc) is 2.63. The van der Waals surface area contributed by atoms with Crippen molar-refractivity contribution in [2.75, 3.05) is 10.6 Å². The second-order valence-electron chi connectivity index (χ2n) is 5.85. The number of amides is 1. The van der Waals surface area contributed by atoms with E-state index in [1.807, 2.05) is 0 Å². The Balaban J connectivity index is 1.77. The first-order valence-corrected chi connectivity index (χ1v) is 8.07. The minimum absolute atomic E-state index is 0.0474. The zero-order valence-electron chi connectivity index (χ0n) is 14.5. The first-order valence-electron chi connectivity index (χ1n) is 8.07. The molecule has 2 aromatic carbocycles. The Labute approximate surface area is 157 Å². The van der Waals surface area contributed by atoms with Gasteiger partial charge in [0, 0.05) is 17.4 Å². The summed E-state index contributed by atoms with van der Waals surface area (Å²) in [5.41, 5.74) is 0.0402. The van der Waals surface area contributed by atoms with Crippen molar-refractivity contribution >= 4 is 23.1 Å². The van der Waals surface area contributed by atoms with Gasteiger partial charge in [-0.05, 0) is 55.5 Å². The molecule has 0 radical (unpaired) electrons. The van der Waals surface area contributed by atoms with Crippen LogP contribution >= 0.6 is 0 Å². The third-order valence-corrected chi connectivity index (χ3v) is 3.66. The molecule has 0 saturated carbocycles. The van der Waals surface area contributed by atoms with Gasteiger partial charge in [0.1, 0.15) is 23.2 Å². The van der Waals surface area contributed by atoms with Crippen LogP contribution in [0.4, 0.5) is 34.8 Å². The van der Waals surface area contributed by atoms with Crippen molar-refractivity contribution < 1.29 is 22.4 Å². The standard InChI is InChI=1S/C19H14F4N4O/c1-11-24-16(18(28)27-15-8-4-13(20)5-9-15)10-17(25-11)26-14-6-2-12(3-7-14)19(21,22)23/h2-10H,1H3,(H,27,28)(H,24,25,26). The molecule has 3 rings (SSSR count). The predicted octanol–water partition coefficient (Wildman–Crippen LogP) is 4.94. The molecule has 3 aromatic rings. The van der Waals surface area contributed by atoms with Gasteiger partial charge in [-0.2, -0.15) is 13.2 Å². The largest absolute Gasteiger partial charge is 0.416 e. The summed E-state index contributed by atoms with van der Waals surface area (Å²) in [6.07, 6.45) is -4.42. The number of aryl methyl sites for hydroxylation is 1. The van der Waals surface area contributed by atoms with Crippen LogP contribution in [0, 0.1) is 12.7 Å². The lowest BCUT2D eigenvalue weighted by Gasteiger charge is -2.11. The van der Waals surface area contributed by atoms with Gasteiger partial charge in [-0.15, -0.1) is 0 Å². The molecule has 1 amide bonds. The Bertz CT molecular complexity index is 986. The Morgan fingerprint density at radius 2 is 1.54 bits per heavy atom. The number of carbonyl (C=O) groups excluding carboxylic acids is 1. The van der Waals surface area contributed by atoms with Crippen LogP contribution in [0.3, 0.4) is 0 Å². The molecule has 5 nitrogen and oxygen atoms in total. The predicted molar refractivity (Wildman–Crippen MR) is 95.8 cm³/mol. The lowest BCUT2D eigenvalue weighted by atomic mass is 10.2. The molecule has 0 fully saturated rings. The van der Waals surface area contributed by atoms with Gasteiger partial charge >= 0.3 is 6.18 Å². The summed E-state index contributed by atoms with van der Waals surface area (Å²) in [6.45, 7) is 1.58. The van der Waals surface area contributed by atoms with Gasteiger partial charge in [0.15, 0.2) is 0 Å². The molecule has 1 heterocycles. The van der Waals surface area contributed by atoms with E-state index in [4.69, 9.17) is 0 Å². The smallest absolute Gasteiger partial charge is 0.340 e. The molecular formula is C19H14F4N4O. The molecule has 2 N–H and O–H groups in total. The van der Waals surface area contributed by atoms with E-state index in [1.165, 1.54) is 42.5 Å². The molecule has 0 aliphatic heterocycles. The third-order valence-electron chi connectivity index (χ3n) is 3.66. The van der Waals surface area contributed by atoms with Crippen molar-refractivity contribution in [1.29, 1.82) is 0 Å². The number of aromatic nitrogens is 2. The number of halogens is 4. The molecule has 28 heavy (non-hydrogen) atoms. The van der Waals surface area contributed by atoms with E-state index in [-0.39, 0.29) is 11.5 Å². The summed E-state index contributed by atoms with van der Waals surface area (Å²) >= 11 is 0. The number of anilines is 3. The van der Waals surface area contributed by atoms with E-state index >= 15 is 0 Å². The van der Waals surface area contributed by atoms with Gasteiger partial charge < -0.3 is 10.6 Å². The van der Waals surface area contributed by atoms with E-state index < -0.39 is 23.5 Å². The Kier molecular flexibility index (Phi) is 5.25. The molecule has 1 aromatic heterocycles. The number of nitrogens with one attached hydrogen (secondary N) is 2. The number of alkyl halides is 3. The maximum atomic E-state index is 12.9. The number of hydrogen-bond donors (Lipinski definition) is 2. The highest BCUT2D eigenvalue weighted by Crippen LogP contribution is 2.30. The Hall–Kier alpha value is -3.49. The van der Waals surface area contributed by atoms with Crippen LogP contribution in [0.15, 0.2) is 54.6 Å². The SMILES string of the molecule is Cc1nc(Nc2ccc(C(F)(F)F)cc2)cc(C(=O)Nc2ccc(F)cc2)n1. The highest BCUT2D eigenvalue weighted by atomic mass is 19.4. The lowest BCUT2D eigenvalue weighted by Crippen LogP contribution is -2.15. The summed E-state index contributed by atoms with van der Waals surface area (Å²) in [6, 6.07) is 11.0. The van der Waals surface area contributed by atoms with Crippen molar-refractivity contribution in [3.63, 3.8) is 0 Å². The maximum Gasteiger partial charge on any atom is 0.416 e. The van der Waals surface area contributed by atoms with E-state index in [0.29, 0.717) is 17.2 Å². The number of carbonyl (C=O) groups is 1. The highest BCUT2D eigenvalue weighted by molar-refractivity contribution is 6.03. The monoisotopic (exact) mass is 390 g/mol. The van der Waals surface area contributed by atoms with Gasteiger partial charge in [-0.3, -0.25) is 4.79 Å². The van der Waals surface area contributed by atoms with Gasteiger partial charge in [0.2, 0.25) is 0 Å². The van der Waals surface area contributed by atoms with Crippen LogP contribution in [-0.4, -0.2) is 15.9 Å². The number of nitrogens with zero attached hydrogens (tertiary/aromatic N) is 2. The highest BCUT2D eigenvalue weighted by Gasteiger charge is 2.29. The molecule has 0 unspecified atom stereocenters. The number of benzene rings is 2. The molecule has 0 aliphatic carbocycles. The third kappa shape index (κ3) is 4.81. The average molecular weight is 390 g/mol. The van der Waals surface area contributed by atoms with Crippen LogP contribution in [0.25, 0.3) is 0 Å². The lowest BCUT2D eigenvalue weighted by molar-refractivity contribution is -0.137. The summed E-state index contributed by atoms with van der Waals surface area (Å²) in [4.78, 5) is 20.5. The van der Waals surface area contributed by atoms with Crippen LogP contribution in [0.5, 0.6) is 0 Å². The minimum atomic E-state index is -4.42. The van der Waals surface area contributed by atoms with Crippen molar-refractivity contribution in [2.45, 2.75) is 13.1 Å².